The Morgan fingerprint density at radius 1 is 1.09 bits per heavy atom. The Bertz CT molecular complexity index is 1010. The molecule has 1 amide bonds. The molecule has 1 saturated heterocycles. The predicted octanol–water partition coefficient (Wildman–Crippen LogP) is 4.18. The Morgan fingerprint density at radius 2 is 1.85 bits per heavy atom. The van der Waals surface area contributed by atoms with Crippen molar-refractivity contribution in [3.05, 3.63) is 48.0 Å². The number of hydrogen-bond donors (Lipinski definition) is 0. The van der Waals surface area contributed by atoms with Gasteiger partial charge < -0.3 is 23.8 Å². The van der Waals surface area contributed by atoms with Crippen LogP contribution in [0.1, 0.15) is 32.8 Å². The van der Waals surface area contributed by atoms with E-state index in [1.807, 2.05) is 38.1 Å². The Kier molecular flexibility index (Phi) is 8.51. The molecule has 176 valence electrons. The van der Waals surface area contributed by atoms with Crippen LogP contribution in [0, 0.1) is 0 Å². The third-order valence-corrected chi connectivity index (χ3v) is 4.52. The third kappa shape index (κ3) is 6.86. The van der Waals surface area contributed by atoms with Gasteiger partial charge in [-0.3, -0.25) is 9.69 Å². The molecule has 1 heterocycles. The fourth-order valence-corrected chi connectivity index (χ4v) is 3.11. The Balaban J connectivity index is 1.83. The van der Waals surface area contributed by atoms with Gasteiger partial charge in [-0.1, -0.05) is 24.2 Å². The lowest BCUT2D eigenvalue weighted by molar-refractivity contribution is -0.131. The summed E-state index contributed by atoms with van der Waals surface area (Å²) in [7, 11) is 0. The van der Waals surface area contributed by atoms with E-state index in [4.69, 9.17) is 23.8 Å². The molecule has 0 N–H and O–H groups in total. The van der Waals surface area contributed by atoms with Crippen molar-refractivity contribution in [2.45, 2.75) is 27.2 Å². The number of oxime groups is 1. The van der Waals surface area contributed by atoms with Crippen molar-refractivity contribution in [2.24, 2.45) is 5.16 Å². The van der Waals surface area contributed by atoms with E-state index in [-0.39, 0.29) is 12.7 Å². The van der Waals surface area contributed by atoms with Crippen molar-refractivity contribution in [3.8, 4) is 17.2 Å². The number of carbonyl (C=O) groups excluding carboxylic acids is 2. The molecular formula is C24H28N2O7. The first-order chi connectivity index (χ1) is 16.0. The number of amides is 1. The van der Waals surface area contributed by atoms with Gasteiger partial charge in [-0.15, -0.1) is 0 Å². The Labute approximate surface area is 192 Å². The Hall–Kier alpha value is -3.75. The van der Waals surface area contributed by atoms with E-state index in [0.29, 0.717) is 55.0 Å². The topological polar surface area (TPSA) is 95.9 Å². The fraction of sp³-hybridized carbons (Fsp3) is 0.375. The molecule has 9 heteroatoms. The van der Waals surface area contributed by atoms with E-state index in [2.05, 4.69) is 5.16 Å². The lowest BCUT2D eigenvalue weighted by atomic mass is 10.1. The van der Waals surface area contributed by atoms with Gasteiger partial charge in [-0.2, -0.15) is 0 Å². The molecule has 0 bridgehead atoms. The summed E-state index contributed by atoms with van der Waals surface area (Å²) in [4.78, 5) is 30.3. The zero-order valence-electron chi connectivity index (χ0n) is 19.0. The van der Waals surface area contributed by atoms with Crippen LogP contribution in [0.5, 0.6) is 17.2 Å². The largest absolute Gasteiger partial charge is 0.494 e. The number of cyclic esters (lactones) is 1. The van der Waals surface area contributed by atoms with Gasteiger partial charge >= 0.3 is 12.1 Å². The first-order valence-corrected chi connectivity index (χ1v) is 10.8. The highest BCUT2D eigenvalue weighted by molar-refractivity contribution is 6.03. The zero-order chi connectivity index (χ0) is 23.6. The van der Waals surface area contributed by atoms with Gasteiger partial charge in [0.25, 0.3) is 0 Å². The third-order valence-electron chi connectivity index (χ3n) is 4.52. The van der Waals surface area contributed by atoms with Crippen molar-refractivity contribution in [1.29, 1.82) is 0 Å². The van der Waals surface area contributed by atoms with Crippen LogP contribution in [0.25, 0.3) is 0 Å². The van der Waals surface area contributed by atoms with Gasteiger partial charge in [0.05, 0.1) is 13.2 Å². The molecule has 0 radical (unpaired) electrons. The zero-order valence-corrected chi connectivity index (χ0v) is 19.0. The molecule has 1 fully saturated rings. The number of ether oxygens (including phenoxy) is 4. The maximum absolute atomic E-state index is 11.9. The van der Waals surface area contributed by atoms with Crippen LogP contribution >= 0.6 is 0 Å². The van der Waals surface area contributed by atoms with E-state index in [9.17, 15) is 9.59 Å². The number of carbonyl (C=O) groups is 2. The number of hydrogen-bond acceptors (Lipinski definition) is 8. The SMILES string of the molecule is CCCO/N=C(\COc1cc(OCC)cc(OC(C)=O)c1)c1cccc(N2CCOC2=O)c1. The molecule has 2 aromatic carbocycles. The van der Waals surface area contributed by atoms with Gasteiger partial charge in [0, 0.05) is 36.4 Å². The second-order valence-corrected chi connectivity index (χ2v) is 7.14. The predicted molar refractivity (Wildman–Crippen MR) is 122 cm³/mol. The standard InChI is InChI=1S/C24H28N2O7/c1-4-10-32-25-23(18-7-6-8-19(12-18)26-9-11-30-24(26)28)16-31-21-13-20(29-5-2)14-22(15-21)33-17(3)27/h6-8,12-15H,4-5,9-11,16H2,1-3H3/b25-23+. The number of esters is 1. The molecule has 0 unspecified atom stereocenters. The summed E-state index contributed by atoms with van der Waals surface area (Å²) in [5.74, 6) is 0.835. The van der Waals surface area contributed by atoms with E-state index >= 15 is 0 Å². The summed E-state index contributed by atoms with van der Waals surface area (Å²) in [6.45, 7) is 7.00. The van der Waals surface area contributed by atoms with Crippen molar-refractivity contribution < 1.29 is 33.4 Å². The summed E-state index contributed by atoms with van der Waals surface area (Å²) >= 11 is 0. The molecule has 0 saturated carbocycles. The minimum Gasteiger partial charge on any atom is -0.494 e. The summed E-state index contributed by atoms with van der Waals surface area (Å²) in [6.07, 6.45) is 0.425. The van der Waals surface area contributed by atoms with Crippen LogP contribution in [-0.2, 0) is 14.4 Å². The fourth-order valence-electron chi connectivity index (χ4n) is 3.11. The van der Waals surface area contributed by atoms with E-state index in [1.165, 1.54) is 6.92 Å². The Morgan fingerprint density at radius 3 is 2.52 bits per heavy atom. The molecule has 0 spiro atoms. The van der Waals surface area contributed by atoms with E-state index < -0.39 is 5.97 Å². The summed E-state index contributed by atoms with van der Waals surface area (Å²) in [5.41, 5.74) is 1.98. The van der Waals surface area contributed by atoms with Gasteiger partial charge in [0.1, 0.15) is 42.8 Å². The normalized spacial score (nSPS) is 13.5. The molecule has 33 heavy (non-hydrogen) atoms. The highest BCUT2D eigenvalue weighted by Crippen LogP contribution is 2.28. The molecule has 1 aliphatic rings. The monoisotopic (exact) mass is 456 g/mol. The van der Waals surface area contributed by atoms with Gasteiger partial charge in [0.2, 0.25) is 0 Å². The van der Waals surface area contributed by atoms with Crippen molar-refractivity contribution in [1.82, 2.24) is 0 Å². The van der Waals surface area contributed by atoms with Gasteiger partial charge in [-0.25, -0.2) is 4.79 Å². The van der Waals surface area contributed by atoms with Gasteiger partial charge in [0.15, 0.2) is 0 Å². The van der Waals surface area contributed by atoms with Gasteiger partial charge in [-0.05, 0) is 25.5 Å². The average molecular weight is 456 g/mol. The van der Waals surface area contributed by atoms with E-state index in [1.54, 1.807) is 23.1 Å². The lowest BCUT2D eigenvalue weighted by Crippen LogP contribution is -2.23. The van der Waals surface area contributed by atoms with Crippen LogP contribution < -0.4 is 19.1 Å². The number of rotatable bonds is 11. The van der Waals surface area contributed by atoms with Crippen LogP contribution in [-0.4, -0.2) is 50.7 Å². The maximum Gasteiger partial charge on any atom is 0.414 e. The molecule has 9 nitrogen and oxygen atoms in total. The van der Waals surface area contributed by atoms with Crippen LogP contribution in [0.15, 0.2) is 47.6 Å². The minimum absolute atomic E-state index is 0.0761. The first kappa shape index (κ1) is 23.9. The molecule has 1 aliphatic heterocycles. The van der Waals surface area contributed by atoms with Crippen LogP contribution in [0.4, 0.5) is 10.5 Å². The van der Waals surface area contributed by atoms with Crippen molar-refractivity contribution in [2.75, 3.05) is 37.9 Å². The quantitative estimate of drug-likeness (QED) is 0.165. The molecule has 0 atom stereocenters. The molecular weight excluding hydrogens is 428 g/mol. The number of nitrogens with zero attached hydrogens (tertiary/aromatic N) is 2. The van der Waals surface area contributed by atoms with Crippen molar-refractivity contribution >= 4 is 23.5 Å². The highest BCUT2D eigenvalue weighted by atomic mass is 16.6. The summed E-state index contributed by atoms with van der Waals surface area (Å²) < 4.78 is 21.7. The first-order valence-electron chi connectivity index (χ1n) is 10.8. The smallest absolute Gasteiger partial charge is 0.414 e. The second-order valence-electron chi connectivity index (χ2n) is 7.14. The molecule has 0 aliphatic carbocycles. The second kappa shape index (κ2) is 11.8. The highest BCUT2D eigenvalue weighted by Gasteiger charge is 2.24. The maximum atomic E-state index is 11.9. The average Bonchev–Trinajstić information content (AvgIpc) is 3.22. The minimum atomic E-state index is -0.443. The molecule has 2 aromatic rings. The lowest BCUT2D eigenvalue weighted by Gasteiger charge is -2.15. The van der Waals surface area contributed by atoms with E-state index in [0.717, 1.165) is 12.0 Å². The summed E-state index contributed by atoms with van der Waals surface area (Å²) in [5, 5.41) is 4.26. The van der Waals surface area contributed by atoms with Crippen LogP contribution in [0.3, 0.4) is 0 Å². The van der Waals surface area contributed by atoms with Crippen LogP contribution in [0.2, 0.25) is 0 Å². The molecule has 3 rings (SSSR count). The number of benzene rings is 2. The summed E-state index contributed by atoms with van der Waals surface area (Å²) in [6, 6.07) is 12.3. The molecule has 0 aromatic heterocycles. The van der Waals surface area contributed by atoms with Crippen molar-refractivity contribution in [3.63, 3.8) is 0 Å². The number of anilines is 1.